The molecule has 4 nitrogen and oxygen atoms in total. The van der Waals surface area contributed by atoms with Crippen LogP contribution in [0.1, 0.15) is 24.6 Å². The minimum absolute atomic E-state index is 0.104. The second kappa shape index (κ2) is 3.96. The van der Waals surface area contributed by atoms with Gasteiger partial charge in [-0.1, -0.05) is 0 Å². The number of amides is 2. The Bertz CT molecular complexity index is 332. The number of likely N-dealkylation sites (tertiary alicyclic amines) is 1. The number of nitrogens with one attached hydrogen (secondary N) is 1. The van der Waals surface area contributed by atoms with Crippen molar-refractivity contribution in [2.24, 2.45) is 0 Å². The topological polar surface area (TPSA) is 39.3 Å². The van der Waals surface area contributed by atoms with Crippen LogP contribution in [0.15, 0.2) is 18.3 Å². The van der Waals surface area contributed by atoms with Crippen LogP contribution in [0.4, 0.5) is 4.79 Å². The maximum absolute atomic E-state index is 11.9. The third-order valence-corrected chi connectivity index (χ3v) is 2.86. The van der Waals surface area contributed by atoms with Crippen LogP contribution >= 0.6 is 0 Å². The summed E-state index contributed by atoms with van der Waals surface area (Å²) in [5.74, 6) is 0. The van der Waals surface area contributed by atoms with E-state index in [0.29, 0.717) is 0 Å². The summed E-state index contributed by atoms with van der Waals surface area (Å²) in [6, 6.07) is 4.36. The maximum Gasteiger partial charge on any atom is 0.320 e. The summed E-state index contributed by atoms with van der Waals surface area (Å²) in [5.41, 5.74) is 1.14. The van der Waals surface area contributed by atoms with Gasteiger partial charge in [-0.2, -0.15) is 0 Å². The molecule has 1 aromatic rings. The Morgan fingerprint density at radius 3 is 3.00 bits per heavy atom. The Kier molecular flexibility index (Phi) is 2.66. The van der Waals surface area contributed by atoms with Crippen LogP contribution in [-0.2, 0) is 0 Å². The molecule has 15 heavy (non-hydrogen) atoms. The second-order valence-corrected chi connectivity index (χ2v) is 4.15. The Labute approximate surface area is 89.9 Å². The van der Waals surface area contributed by atoms with Gasteiger partial charge in [0.05, 0.1) is 6.04 Å². The number of urea groups is 1. The molecule has 4 heteroatoms. The lowest BCUT2D eigenvalue weighted by atomic mass is 10.1. The van der Waals surface area contributed by atoms with E-state index < -0.39 is 0 Å². The number of H-pyrrole nitrogens is 1. The highest BCUT2D eigenvalue weighted by Gasteiger charge is 2.31. The second-order valence-electron chi connectivity index (χ2n) is 4.15. The molecule has 82 valence electrons. The molecule has 0 aliphatic carbocycles. The molecule has 0 saturated carbocycles. The summed E-state index contributed by atoms with van der Waals surface area (Å²) in [6.45, 7) is 0.862. The smallest absolute Gasteiger partial charge is 0.320 e. The maximum atomic E-state index is 11.9. The van der Waals surface area contributed by atoms with Crippen molar-refractivity contribution in [1.82, 2.24) is 14.8 Å². The van der Waals surface area contributed by atoms with Gasteiger partial charge in [-0.25, -0.2) is 4.79 Å². The molecule has 2 amide bonds. The fourth-order valence-electron chi connectivity index (χ4n) is 2.13. The van der Waals surface area contributed by atoms with Gasteiger partial charge >= 0.3 is 6.03 Å². The van der Waals surface area contributed by atoms with Crippen molar-refractivity contribution in [2.75, 3.05) is 20.6 Å². The first-order valence-electron chi connectivity index (χ1n) is 5.31. The largest absolute Gasteiger partial charge is 0.363 e. The Morgan fingerprint density at radius 1 is 1.60 bits per heavy atom. The number of carbonyl (C=O) groups is 1. The predicted molar refractivity (Wildman–Crippen MR) is 58.6 cm³/mol. The number of rotatable bonds is 1. The van der Waals surface area contributed by atoms with E-state index >= 15 is 0 Å². The summed E-state index contributed by atoms with van der Waals surface area (Å²) in [4.78, 5) is 18.7. The first-order chi connectivity index (χ1) is 7.20. The van der Waals surface area contributed by atoms with Crippen LogP contribution in [0, 0.1) is 0 Å². The first kappa shape index (κ1) is 10.1. The van der Waals surface area contributed by atoms with Gasteiger partial charge in [-0.05, 0) is 25.0 Å². The molecule has 1 saturated heterocycles. The normalized spacial score (nSPS) is 20.7. The SMILES string of the molecule is CN(C)C(=O)N1CCCC1c1ccc[nH]1. The lowest BCUT2D eigenvalue weighted by molar-refractivity contribution is 0.165. The lowest BCUT2D eigenvalue weighted by Gasteiger charge is -2.27. The summed E-state index contributed by atoms with van der Waals surface area (Å²) < 4.78 is 0. The zero-order valence-corrected chi connectivity index (χ0v) is 9.23. The van der Waals surface area contributed by atoms with Gasteiger partial charge in [0, 0.05) is 32.5 Å². The third-order valence-electron chi connectivity index (χ3n) is 2.86. The highest BCUT2D eigenvalue weighted by atomic mass is 16.2. The minimum atomic E-state index is 0.104. The highest BCUT2D eigenvalue weighted by Crippen LogP contribution is 2.31. The van der Waals surface area contributed by atoms with Crippen LogP contribution in [-0.4, -0.2) is 41.5 Å². The van der Waals surface area contributed by atoms with Crippen LogP contribution in [0.2, 0.25) is 0 Å². The zero-order chi connectivity index (χ0) is 10.8. The van der Waals surface area contributed by atoms with Gasteiger partial charge in [0.25, 0.3) is 0 Å². The van der Waals surface area contributed by atoms with E-state index in [-0.39, 0.29) is 12.1 Å². The van der Waals surface area contributed by atoms with Crippen molar-refractivity contribution >= 4 is 6.03 Å². The Hall–Kier alpha value is -1.45. The number of aromatic amines is 1. The Balaban J connectivity index is 2.15. The summed E-state index contributed by atoms with van der Waals surface area (Å²) in [6.07, 6.45) is 4.05. The zero-order valence-electron chi connectivity index (χ0n) is 9.23. The fraction of sp³-hybridized carbons (Fsp3) is 0.545. The van der Waals surface area contributed by atoms with Gasteiger partial charge in [0.2, 0.25) is 0 Å². The van der Waals surface area contributed by atoms with Crippen molar-refractivity contribution in [1.29, 1.82) is 0 Å². The molecule has 1 atom stereocenters. The molecule has 0 spiro atoms. The molecule has 0 bridgehead atoms. The van der Waals surface area contributed by atoms with E-state index in [1.165, 1.54) is 0 Å². The quantitative estimate of drug-likeness (QED) is 0.749. The molecule has 1 aromatic heterocycles. The minimum Gasteiger partial charge on any atom is -0.363 e. The van der Waals surface area contributed by atoms with Crippen LogP contribution in [0.5, 0.6) is 0 Å². The van der Waals surface area contributed by atoms with Crippen LogP contribution in [0.3, 0.4) is 0 Å². The predicted octanol–water partition coefficient (Wildman–Crippen LogP) is 1.83. The molecule has 0 radical (unpaired) electrons. The number of nitrogens with zero attached hydrogens (tertiary/aromatic N) is 2. The van der Waals surface area contributed by atoms with E-state index in [2.05, 4.69) is 4.98 Å². The molecule has 1 fully saturated rings. The average molecular weight is 207 g/mol. The van der Waals surface area contributed by atoms with Crippen molar-refractivity contribution in [3.05, 3.63) is 24.0 Å². The van der Waals surface area contributed by atoms with Gasteiger partial charge in [0.15, 0.2) is 0 Å². The molecule has 1 unspecified atom stereocenters. The van der Waals surface area contributed by atoms with E-state index in [0.717, 1.165) is 25.1 Å². The van der Waals surface area contributed by atoms with Crippen molar-refractivity contribution in [3.63, 3.8) is 0 Å². The number of hydrogen-bond donors (Lipinski definition) is 1. The van der Waals surface area contributed by atoms with Crippen molar-refractivity contribution < 1.29 is 4.79 Å². The molecule has 1 aliphatic heterocycles. The van der Waals surface area contributed by atoms with Crippen LogP contribution in [0.25, 0.3) is 0 Å². The van der Waals surface area contributed by atoms with Gasteiger partial charge in [0.1, 0.15) is 0 Å². The fourth-order valence-corrected chi connectivity index (χ4v) is 2.13. The van der Waals surface area contributed by atoms with Crippen LogP contribution < -0.4 is 0 Å². The Morgan fingerprint density at radius 2 is 2.40 bits per heavy atom. The van der Waals surface area contributed by atoms with Crippen molar-refractivity contribution in [2.45, 2.75) is 18.9 Å². The van der Waals surface area contributed by atoms with E-state index in [9.17, 15) is 4.79 Å². The number of carbonyl (C=O) groups excluding carboxylic acids is 1. The summed E-state index contributed by atoms with van der Waals surface area (Å²) >= 11 is 0. The molecular weight excluding hydrogens is 190 g/mol. The number of hydrogen-bond acceptors (Lipinski definition) is 1. The molecule has 1 N–H and O–H groups in total. The summed E-state index contributed by atoms with van der Waals surface area (Å²) in [5, 5.41) is 0. The third kappa shape index (κ3) is 1.84. The van der Waals surface area contributed by atoms with Crippen molar-refractivity contribution in [3.8, 4) is 0 Å². The van der Waals surface area contributed by atoms with Gasteiger partial charge < -0.3 is 14.8 Å². The first-order valence-corrected chi connectivity index (χ1v) is 5.31. The highest BCUT2D eigenvalue weighted by molar-refractivity contribution is 5.74. The lowest BCUT2D eigenvalue weighted by Crippen LogP contribution is -2.38. The monoisotopic (exact) mass is 207 g/mol. The molecule has 1 aliphatic rings. The van der Waals surface area contributed by atoms with Gasteiger partial charge in [-0.15, -0.1) is 0 Å². The summed E-state index contributed by atoms with van der Waals surface area (Å²) in [7, 11) is 3.60. The standard InChI is InChI=1S/C11H17N3O/c1-13(2)11(15)14-8-4-6-10(14)9-5-3-7-12-9/h3,5,7,10,12H,4,6,8H2,1-2H3. The molecule has 2 heterocycles. The van der Waals surface area contributed by atoms with E-state index in [1.54, 1.807) is 19.0 Å². The van der Waals surface area contributed by atoms with E-state index in [1.807, 2.05) is 23.2 Å². The number of aromatic nitrogens is 1. The van der Waals surface area contributed by atoms with E-state index in [4.69, 9.17) is 0 Å². The van der Waals surface area contributed by atoms with Gasteiger partial charge in [-0.3, -0.25) is 0 Å². The molecule has 2 rings (SSSR count). The average Bonchev–Trinajstić information content (AvgIpc) is 2.86. The molecular formula is C11H17N3O. The molecule has 0 aromatic carbocycles.